The predicted molar refractivity (Wildman–Crippen MR) is 141 cm³/mol. The number of para-hydroxylation sites is 2. The van der Waals surface area contributed by atoms with Crippen molar-refractivity contribution >= 4 is 34.4 Å². The minimum Gasteiger partial charge on any atom is -0.423 e. The summed E-state index contributed by atoms with van der Waals surface area (Å²) in [5, 5.41) is 22.3. The van der Waals surface area contributed by atoms with Gasteiger partial charge in [-0.2, -0.15) is 0 Å². The summed E-state index contributed by atoms with van der Waals surface area (Å²) in [7, 11) is -1.56. The molecule has 2 N–H and O–H groups in total. The first-order valence-corrected chi connectivity index (χ1v) is 11.4. The molecule has 162 valence electrons. The standard InChI is InChI=1S/C30H22BNO2/c33-31(34)28-17-8-16-27-26-15-4-5-18-29(26)32(30(27)28)25-14-7-13-24(20-25)23-12-6-11-22(19-23)21-9-2-1-3-10-21/h1-20,33-34H. The molecule has 0 aliphatic heterocycles. The Kier molecular flexibility index (Phi) is 5.03. The lowest BCUT2D eigenvalue weighted by Crippen LogP contribution is -2.31. The summed E-state index contributed by atoms with van der Waals surface area (Å²) >= 11 is 0. The van der Waals surface area contributed by atoms with Crippen LogP contribution in [0, 0.1) is 0 Å². The molecule has 0 atom stereocenters. The van der Waals surface area contributed by atoms with E-state index in [9.17, 15) is 10.0 Å². The molecule has 0 saturated carbocycles. The van der Waals surface area contributed by atoms with Gasteiger partial charge >= 0.3 is 7.12 Å². The Labute approximate surface area is 198 Å². The van der Waals surface area contributed by atoms with Gasteiger partial charge in [-0.3, -0.25) is 0 Å². The van der Waals surface area contributed by atoms with Crippen LogP contribution in [0.3, 0.4) is 0 Å². The number of benzene rings is 5. The highest BCUT2D eigenvalue weighted by molar-refractivity contribution is 6.62. The van der Waals surface area contributed by atoms with Gasteiger partial charge in [0.2, 0.25) is 0 Å². The summed E-state index contributed by atoms with van der Waals surface area (Å²) in [6.07, 6.45) is 0. The van der Waals surface area contributed by atoms with E-state index in [2.05, 4.69) is 89.5 Å². The summed E-state index contributed by atoms with van der Waals surface area (Å²) in [6.45, 7) is 0. The summed E-state index contributed by atoms with van der Waals surface area (Å²) < 4.78 is 2.13. The zero-order chi connectivity index (χ0) is 23.1. The molecule has 0 amide bonds. The van der Waals surface area contributed by atoms with Gasteiger partial charge in [-0.15, -0.1) is 0 Å². The van der Waals surface area contributed by atoms with Crippen LogP contribution < -0.4 is 5.46 Å². The number of aromatic nitrogens is 1. The quantitative estimate of drug-likeness (QED) is 0.341. The molecule has 6 rings (SSSR count). The van der Waals surface area contributed by atoms with E-state index < -0.39 is 7.12 Å². The summed E-state index contributed by atoms with van der Waals surface area (Å²) in [5.74, 6) is 0. The first-order chi connectivity index (χ1) is 16.7. The molecule has 6 aromatic rings. The zero-order valence-electron chi connectivity index (χ0n) is 18.5. The van der Waals surface area contributed by atoms with Crippen LogP contribution in [-0.4, -0.2) is 21.7 Å². The number of nitrogens with zero attached hydrogens (tertiary/aromatic N) is 1. The van der Waals surface area contributed by atoms with E-state index in [0.717, 1.165) is 38.6 Å². The summed E-state index contributed by atoms with van der Waals surface area (Å²) in [6, 6.07) is 41.2. The van der Waals surface area contributed by atoms with E-state index in [-0.39, 0.29) is 0 Å². The molecule has 0 unspecified atom stereocenters. The highest BCUT2D eigenvalue weighted by Gasteiger charge is 2.21. The molecule has 0 radical (unpaired) electrons. The van der Waals surface area contributed by atoms with Crippen molar-refractivity contribution in [3.8, 4) is 27.9 Å². The molecule has 4 heteroatoms. The molecule has 0 aliphatic carbocycles. The van der Waals surface area contributed by atoms with Crippen LogP contribution in [0.15, 0.2) is 121 Å². The zero-order valence-corrected chi connectivity index (χ0v) is 18.5. The largest absolute Gasteiger partial charge is 0.490 e. The van der Waals surface area contributed by atoms with E-state index >= 15 is 0 Å². The molecule has 34 heavy (non-hydrogen) atoms. The number of fused-ring (bicyclic) bond motifs is 3. The monoisotopic (exact) mass is 439 g/mol. The van der Waals surface area contributed by atoms with E-state index in [1.807, 2.05) is 30.3 Å². The van der Waals surface area contributed by atoms with Crippen molar-refractivity contribution in [2.24, 2.45) is 0 Å². The van der Waals surface area contributed by atoms with Crippen LogP contribution in [0.2, 0.25) is 0 Å². The van der Waals surface area contributed by atoms with Crippen molar-refractivity contribution < 1.29 is 10.0 Å². The molecule has 0 bridgehead atoms. The second kappa shape index (κ2) is 8.34. The fraction of sp³-hybridized carbons (Fsp3) is 0. The summed E-state index contributed by atoms with van der Waals surface area (Å²) in [5.41, 5.74) is 7.90. The maximum absolute atomic E-state index is 10.1. The molecule has 0 aliphatic rings. The van der Waals surface area contributed by atoms with Crippen LogP contribution in [0.4, 0.5) is 0 Å². The lowest BCUT2D eigenvalue weighted by molar-refractivity contribution is 0.426. The van der Waals surface area contributed by atoms with Crippen LogP contribution >= 0.6 is 0 Å². The van der Waals surface area contributed by atoms with Crippen molar-refractivity contribution in [2.75, 3.05) is 0 Å². The maximum atomic E-state index is 10.1. The topological polar surface area (TPSA) is 45.4 Å². The molecule has 5 aromatic carbocycles. The van der Waals surface area contributed by atoms with E-state index in [1.54, 1.807) is 6.07 Å². The molecular formula is C30H22BNO2. The van der Waals surface area contributed by atoms with Crippen LogP contribution in [-0.2, 0) is 0 Å². The molecular weight excluding hydrogens is 417 g/mol. The van der Waals surface area contributed by atoms with Crippen LogP contribution in [0.5, 0.6) is 0 Å². The third-order valence-corrected chi connectivity index (χ3v) is 6.41. The van der Waals surface area contributed by atoms with Crippen LogP contribution in [0.1, 0.15) is 0 Å². The second-order valence-electron chi connectivity index (χ2n) is 8.47. The molecule has 0 fully saturated rings. The normalized spacial score (nSPS) is 11.2. The lowest BCUT2D eigenvalue weighted by Gasteiger charge is -2.13. The third-order valence-electron chi connectivity index (χ3n) is 6.41. The Bertz CT molecular complexity index is 1640. The number of rotatable bonds is 4. The van der Waals surface area contributed by atoms with E-state index in [0.29, 0.717) is 5.46 Å². The minimum atomic E-state index is -1.56. The number of hydrogen-bond acceptors (Lipinski definition) is 2. The minimum absolute atomic E-state index is 0.491. The Morgan fingerprint density at radius 3 is 1.88 bits per heavy atom. The Morgan fingerprint density at radius 1 is 0.500 bits per heavy atom. The SMILES string of the molecule is OB(O)c1cccc2c3ccccc3n(-c3cccc(-c4cccc(-c5ccccc5)c4)c3)c12. The molecule has 0 spiro atoms. The van der Waals surface area contributed by atoms with Gasteiger partial charge in [0.1, 0.15) is 0 Å². The second-order valence-corrected chi connectivity index (χ2v) is 8.47. The van der Waals surface area contributed by atoms with Gasteiger partial charge < -0.3 is 14.6 Å². The first kappa shape index (κ1) is 20.5. The third kappa shape index (κ3) is 3.41. The molecule has 1 heterocycles. The van der Waals surface area contributed by atoms with Crippen molar-refractivity contribution in [1.29, 1.82) is 0 Å². The van der Waals surface area contributed by atoms with Gasteiger partial charge in [0.15, 0.2) is 0 Å². The van der Waals surface area contributed by atoms with Crippen molar-refractivity contribution in [3.05, 3.63) is 121 Å². The van der Waals surface area contributed by atoms with Crippen molar-refractivity contribution in [3.63, 3.8) is 0 Å². The first-order valence-electron chi connectivity index (χ1n) is 11.4. The molecule has 1 aromatic heterocycles. The van der Waals surface area contributed by atoms with Gasteiger partial charge in [0, 0.05) is 21.9 Å². The van der Waals surface area contributed by atoms with Gasteiger partial charge in [0.05, 0.1) is 11.0 Å². The van der Waals surface area contributed by atoms with Gasteiger partial charge in [-0.05, 0) is 46.5 Å². The Hall–Kier alpha value is -4.12. The van der Waals surface area contributed by atoms with E-state index in [4.69, 9.17) is 0 Å². The fourth-order valence-corrected chi connectivity index (χ4v) is 4.86. The molecule has 0 saturated heterocycles. The maximum Gasteiger partial charge on any atom is 0.490 e. The average Bonchev–Trinajstić information content (AvgIpc) is 3.24. The van der Waals surface area contributed by atoms with Crippen LogP contribution in [0.25, 0.3) is 49.7 Å². The predicted octanol–water partition coefficient (Wildman–Crippen LogP) is 5.80. The highest BCUT2D eigenvalue weighted by atomic mass is 16.4. The highest BCUT2D eigenvalue weighted by Crippen LogP contribution is 2.33. The number of hydrogen-bond donors (Lipinski definition) is 2. The Morgan fingerprint density at radius 2 is 1.09 bits per heavy atom. The average molecular weight is 439 g/mol. The Balaban J connectivity index is 1.56. The van der Waals surface area contributed by atoms with Crippen molar-refractivity contribution in [1.82, 2.24) is 4.57 Å². The van der Waals surface area contributed by atoms with Gasteiger partial charge in [0.25, 0.3) is 0 Å². The lowest BCUT2D eigenvalue weighted by atomic mass is 9.79. The smallest absolute Gasteiger partial charge is 0.423 e. The van der Waals surface area contributed by atoms with Crippen molar-refractivity contribution in [2.45, 2.75) is 0 Å². The van der Waals surface area contributed by atoms with E-state index in [1.165, 1.54) is 11.1 Å². The van der Waals surface area contributed by atoms with Gasteiger partial charge in [-0.1, -0.05) is 97.1 Å². The summed E-state index contributed by atoms with van der Waals surface area (Å²) in [4.78, 5) is 0. The van der Waals surface area contributed by atoms with Gasteiger partial charge in [-0.25, -0.2) is 0 Å². The fourth-order valence-electron chi connectivity index (χ4n) is 4.86. The molecule has 3 nitrogen and oxygen atoms in total.